The summed E-state index contributed by atoms with van der Waals surface area (Å²) in [6.07, 6.45) is 4.06. The van der Waals surface area contributed by atoms with Gasteiger partial charge in [-0.05, 0) is 18.8 Å². The number of nitrogens with zero attached hydrogens (tertiary/aromatic N) is 3. The van der Waals surface area contributed by atoms with Gasteiger partial charge >= 0.3 is 0 Å². The minimum atomic E-state index is 0.274. The van der Waals surface area contributed by atoms with Crippen LogP contribution in [0.25, 0.3) is 0 Å². The molecule has 4 nitrogen and oxygen atoms in total. The molecule has 1 aliphatic rings. The Balaban J connectivity index is 2.16. The lowest BCUT2D eigenvalue weighted by Gasteiger charge is -2.21. The zero-order chi connectivity index (χ0) is 9.97. The molecule has 0 aromatic carbocycles. The summed E-state index contributed by atoms with van der Waals surface area (Å²) in [6, 6.07) is 0. The van der Waals surface area contributed by atoms with E-state index in [1.165, 1.54) is 0 Å². The molecule has 0 saturated carbocycles. The molecule has 0 fully saturated rings. The van der Waals surface area contributed by atoms with Crippen LogP contribution in [0.4, 0.5) is 0 Å². The predicted molar refractivity (Wildman–Crippen MR) is 52.9 cm³/mol. The van der Waals surface area contributed by atoms with Crippen LogP contribution in [-0.2, 0) is 19.4 Å². The zero-order valence-electron chi connectivity index (χ0n) is 8.61. The van der Waals surface area contributed by atoms with E-state index in [0.29, 0.717) is 5.92 Å². The summed E-state index contributed by atoms with van der Waals surface area (Å²) in [6.45, 7) is 3.40. The Kier molecular flexibility index (Phi) is 2.82. The van der Waals surface area contributed by atoms with Gasteiger partial charge < -0.3 is 9.67 Å². The van der Waals surface area contributed by atoms with Gasteiger partial charge in [0.25, 0.3) is 0 Å². The fraction of sp³-hybridized carbons (Fsp3) is 0.800. The van der Waals surface area contributed by atoms with Gasteiger partial charge in [-0.1, -0.05) is 6.92 Å². The number of fused-ring (bicyclic) bond motifs is 1. The summed E-state index contributed by atoms with van der Waals surface area (Å²) in [5, 5.41) is 17.4. The number of hydrogen-bond donors (Lipinski definition) is 1. The van der Waals surface area contributed by atoms with E-state index in [-0.39, 0.29) is 6.61 Å². The molecule has 1 aromatic rings. The lowest BCUT2D eigenvalue weighted by molar-refractivity contribution is 0.198. The molecule has 0 aliphatic carbocycles. The SMILES string of the molecule is CCCc1nnc2n1CCC(CO)C2. The van der Waals surface area contributed by atoms with Gasteiger partial charge in [-0.3, -0.25) is 0 Å². The summed E-state index contributed by atoms with van der Waals surface area (Å²) in [7, 11) is 0. The minimum Gasteiger partial charge on any atom is -0.396 e. The van der Waals surface area contributed by atoms with E-state index >= 15 is 0 Å². The first kappa shape index (κ1) is 9.65. The molecule has 1 N–H and O–H groups in total. The number of rotatable bonds is 3. The topological polar surface area (TPSA) is 50.9 Å². The molecule has 0 spiro atoms. The average molecular weight is 195 g/mol. The van der Waals surface area contributed by atoms with E-state index in [1.54, 1.807) is 0 Å². The van der Waals surface area contributed by atoms with Gasteiger partial charge in [-0.25, -0.2) is 0 Å². The van der Waals surface area contributed by atoms with E-state index < -0.39 is 0 Å². The summed E-state index contributed by atoms with van der Waals surface area (Å²) in [5.74, 6) is 2.55. The first-order valence-electron chi connectivity index (χ1n) is 5.37. The fourth-order valence-electron chi connectivity index (χ4n) is 2.02. The van der Waals surface area contributed by atoms with E-state index in [0.717, 1.165) is 43.9 Å². The second kappa shape index (κ2) is 4.09. The summed E-state index contributed by atoms with van der Waals surface area (Å²) in [4.78, 5) is 0. The molecule has 14 heavy (non-hydrogen) atoms. The molecular formula is C10H17N3O. The standard InChI is InChI=1S/C10H17N3O/c1-2-3-9-11-12-10-6-8(7-14)4-5-13(9)10/h8,14H,2-7H2,1H3. The van der Waals surface area contributed by atoms with E-state index in [1.807, 2.05) is 0 Å². The molecule has 78 valence electrons. The second-order valence-corrected chi connectivity index (χ2v) is 3.98. The Morgan fingerprint density at radius 3 is 3.07 bits per heavy atom. The Morgan fingerprint density at radius 2 is 2.36 bits per heavy atom. The smallest absolute Gasteiger partial charge is 0.133 e. The van der Waals surface area contributed by atoms with Crippen LogP contribution in [0.15, 0.2) is 0 Å². The molecule has 4 heteroatoms. The van der Waals surface area contributed by atoms with Gasteiger partial charge in [0.1, 0.15) is 11.6 Å². The van der Waals surface area contributed by atoms with Crippen LogP contribution in [0, 0.1) is 5.92 Å². The zero-order valence-corrected chi connectivity index (χ0v) is 8.61. The molecule has 0 radical (unpaired) electrons. The van der Waals surface area contributed by atoms with Crippen molar-refractivity contribution in [1.29, 1.82) is 0 Å². The maximum atomic E-state index is 9.07. The third-order valence-corrected chi connectivity index (χ3v) is 2.87. The Bertz CT molecular complexity index is 308. The maximum absolute atomic E-state index is 9.07. The van der Waals surface area contributed by atoms with Crippen LogP contribution in [0.2, 0.25) is 0 Å². The number of aryl methyl sites for hydroxylation is 1. The van der Waals surface area contributed by atoms with Crippen molar-refractivity contribution >= 4 is 0 Å². The molecule has 1 aromatic heterocycles. The number of aromatic nitrogens is 3. The molecule has 1 unspecified atom stereocenters. The molecule has 2 heterocycles. The molecule has 1 aliphatic heterocycles. The Morgan fingerprint density at radius 1 is 1.50 bits per heavy atom. The molecule has 0 bridgehead atoms. The van der Waals surface area contributed by atoms with Gasteiger partial charge in [-0.2, -0.15) is 0 Å². The lowest BCUT2D eigenvalue weighted by atomic mass is 9.99. The number of hydrogen-bond acceptors (Lipinski definition) is 3. The van der Waals surface area contributed by atoms with Crippen LogP contribution in [0.1, 0.15) is 31.4 Å². The first-order chi connectivity index (χ1) is 6.85. The van der Waals surface area contributed by atoms with Gasteiger partial charge in [-0.15, -0.1) is 10.2 Å². The van der Waals surface area contributed by atoms with E-state index in [9.17, 15) is 0 Å². The number of aliphatic hydroxyl groups is 1. The first-order valence-corrected chi connectivity index (χ1v) is 5.37. The van der Waals surface area contributed by atoms with Crippen molar-refractivity contribution in [2.45, 2.75) is 39.2 Å². The summed E-state index contributed by atoms with van der Waals surface area (Å²) < 4.78 is 2.22. The predicted octanol–water partition coefficient (Wildman–Crippen LogP) is 0.785. The van der Waals surface area contributed by atoms with E-state index in [2.05, 4.69) is 21.7 Å². The van der Waals surface area contributed by atoms with Gasteiger partial charge in [0, 0.05) is 26.0 Å². The lowest BCUT2D eigenvalue weighted by Crippen LogP contribution is -2.23. The van der Waals surface area contributed by atoms with Crippen molar-refractivity contribution in [3.63, 3.8) is 0 Å². The maximum Gasteiger partial charge on any atom is 0.133 e. The highest BCUT2D eigenvalue weighted by molar-refractivity contribution is 5.00. The fourth-order valence-corrected chi connectivity index (χ4v) is 2.02. The molecule has 0 saturated heterocycles. The van der Waals surface area contributed by atoms with Crippen LogP contribution in [0.3, 0.4) is 0 Å². The summed E-state index contributed by atoms with van der Waals surface area (Å²) in [5.41, 5.74) is 0. The second-order valence-electron chi connectivity index (χ2n) is 3.98. The van der Waals surface area contributed by atoms with Crippen molar-refractivity contribution in [2.24, 2.45) is 5.92 Å². The highest BCUT2D eigenvalue weighted by Gasteiger charge is 2.21. The van der Waals surface area contributed by atoms with Crippen LogP contribution >= 0.6 is 0 Å². The van der Waals surface area contributed by atoms with E-state index in [4.69, 9.17) is 5.11 Å². The Labute approximate surface area is 84.0 Å². The van der Waals surface area contributed by atoms with Crippen LogP contribution in [-0.4, -0.2) is 26.5 Å². The van der Waals surface area contributed by atoms with Gasteiger partial charge in [0.2, 0.25) is 0 Å². The third kappa shape index (κ3) is 1.66. The van der Waals surface area contributed by atoms with Crippen LogP contribution < -0.4 is 0 Å². The largest absolute Gasteiger partial charge is 0.396 e. The molecule has 1 atom stereocenters. The molecular weight excluding hydrogens is 178 g/mol. The molecule has 0 amide bonds. The Hall–Kier alpha value is -0.900. The van der Waals surface area contributed by atoms with Crippen molar-refractivity contribution in [3.05, 3.63) is 11.6 Å². The number of aliphatic hydroxyl groups excluding tert-OH is 1. The van der Waals surface area contributed by atoms with Gasteiger partial charge in [0.15, 0.2) is 0 Å². The minimum absolute atomic E-state index is 0.274. The van der Waals surface area contributed by atoms with Crippen molar-refractivity contribution < 1.29 is 5.11 Å². The van der Waals surface area contributed by atoms with Gasteiger partial charge in [0.05, 0.1) is 0 Å². The quantitative estimate of drug-likeness (QED) is 0.775. The highest BCUT2D eigenvalue weighted by atomic mass is 16.3. The van der Waals surface area contributed by atoms with Crippen molar-refractivity contribution in [1.82, 2.24) is 14.8 Å². The third-order valence-electron chi connectivity index (χ3n) is 2.87. The monoisotopic (exact) mass is 195 g/mol. The normalized spacial score (nSPS) is 20.9. The van der Waals surface area contributed by atoms with Crippen molar-refractivity contribution in [3.8, 4) is 0 Å². The van der Waals surface area contributed by atoms with Crippen molar-refractivity contribution in [2.75, 3.05) is 6.61 Å². The highest BCUT2D eigenvalue weighted by Crippen LogP contribution is 2.20. The average Bonchev–Trinajstić information content (AvgIpc) is 2.61. The van der Waals surface area contributed by atoms with Crippen LogP contribution in [0.5, 0.6) is 0 Å². The summed E-state index contributed by atoms with van der Waals surface area (Å²) >= 11 is 0. The molecule has 2 rings (SSSR count).